The van der Waals surface area contributed by atoms with Crippen molar-refractivity contribution >= 4 is 10.9 Å². The van der Waals surface area contributed by atoms with E-state index in [0.29, 0.717) is 12.0 Å². The van der Waals surface area contributed by atoms with Crippen LogP contribution in [0.15, 0.2) is 30.5 Å². The zero-order valence-electron chi connectivity index (χ0n) is 10.1. The van der Waals surface area contributed by atoms with Crippen molar-refractivity contribution in [1.82, 2.24) is 4.57 Å². The molecule has 1 aromatic carbocycles. The van der Waals surface area contributed by atoms with Crippen molar-refractivity contribution in [2.45, 2.75) is 32.4 Å². The average Bonchev–Trinajstić information content (AvgIpc) is 2.67. The van der Waals surface area contributed by atoms with Crippen molar-refractivity contribution in [3.63, 3.8) is 0 Å². The molecular formula is C14H16N2O. The molecule has 0 atom stereocenters. The predicted molar refractivity (Wildman–Crippen MR) is 67.6 cm³/mol. The molecule has 0 spiro atoms. The van der Waals surface area contributed by atoms with Crippen LogP contribution >= 0.6 is 0 Å². The Balaban J connectivity index is 2.32. The number of nitriles is 1. The summed E-state index contributed by atoms with van der Waals surface area (Å²) >= 11 is 0. The van der Waals surface area contributed by atoms with Crippen LogP contribution in [0.3, 0.4) is 0 Å². The molecule has 1 heterocycles. The number of rotatable bonds is 3. The summed E-state index contributed by atoms with van der Waals surface area (Å²) in [6.07, 6.45) is 2.69. The number of fused-ring (bicyclic) bond motifs is 1. The minimum Gasteiger partial charge on any atom is -0.390 e. The number of hydrogen-bond acceptors (Lipinski definition) is 2. The molecule has 3 nitrogen and oxygen atoms in total. The summed E-state index contributed by atoms with van der Waals surface area (Å²) < 4.78 is 2.08. The van der Waals surface area contributed by atoms with Crippen LogP contribution in [-0.4, -0.2) is 15.3 Å². The summed E-state index contributed by atoms with van der Waals surface area (Å²) in [5, 5.41) is 19.7. The first-order valence-electron chi connectivity index (χ1n) is 5.71. The van der Waals surface area contributed by atoms with Crippen LogP contribution in [0.1, 0.15) is 25.8 Å². The van der Waals surface area contributed by atoms with Gasteiger partial charge in [-0.1, -0.05) is 6.07 Å². The van der Waals surface area contributed by atoms with Crippen molar-refractivity contribution in [1.29, 1.82) is 5.26 Å². The highest BCUT2D eigenvalue weighted by molar-refractivity contribution is 5.81. The van der Waals surface area contributed by atoms with E-state index in [2.05, 4.69) is 10.6 Å². The van der Waals surface area contributed by atoms with Crippen LogP contribution in [0.5, 0.6) is 0 Å². The zero-order valence-corrected chi connectivity index (χ0v) is 10.1. The molecule has 0 aliphatic heterocycles. The Morgan fingerprint density at radius 3 is 2.76 bits per heavy atom. The number of nitrogens with zero attached hydrogens (tertiary/aromatic N) is 2. The molecule has 17 heavy (non-hydrogen) atoms. The third kappa shape index (κ3) is 2.66. The molecule has 0 fully saturated rings. The second kappa shape index (κ2) is 4.23. The number of benzene rings is 1. The van der Waals surface area contributed by atoms with Crippen LogP contribution in [0.4, 0.5) is 0 Å². The number of aliphatic hydroxyl groups is 1. The van der Waals surface area contributed by atoms with E-state index in [1.807, 2.05) is 30.5 Å². The van der Waals surface area contributed by atoms with Gasteiger partial charge in [-0.3, -0.25) is 0 Å². The van der Waals surface area contributed by atoms with Gasteiger partial charge in [0.1, 0.15) is 0 Å². The van der Waals surface area contributed by atoms with Gasteiger partial charge in [0.25, 0.3) is 0 Å². The quantitative estimate of drug-likeness (QED) is 0.878. The Hall–Kier alpha value is -1.79. The van der Waals surface area contributed by atoms with Gasteiger partial charge in [0.05, 0.1) is 17.2 Å². The van der Waals surface area contributed by atoms with Gasteiger partial charge in [-0.05, 0) is 43.9 Å². The smallest absolute Gasteiger partial charge is 0.0992 e. The van der Waals surface area contributed by atoms with E-state index >= 15 is 0 Å². The summed E-state index contributed by atoms with van der Waals surface area (Å²) in [5.41, 5.74) is 1.05. The monoisotopic (exact) mass is 228 g/mol. The van der Waals surface area contributed by atoms with E-state index in [-0.39, 0.29) is 0 Å². The summed E-state index contributed by atoms with van der Waals surface area (Å²) in [5.74, 6) is 0. The number of aromatic nitrogens is 1. The molecule has 0 aliphatic rings. The molecule has 0 aliphatic carbocycles. The molecule has 0 saturated carbocycles. The minimum absolute atomic E-state index is 0.663. The second-order valence-corrected chi connectivity index (χ2v) is 4.96. The molecule has 0 amide bonds. The van der Waals surface area contributed by atoms with Crippen molar-refractivity contribution in [2.24, 2.45) is 0 Å². The molecule has 0 bridgehead atoms. The van der Waals surface area contributed by atoms with Gasteiger partial charge in [-0.2, -0.15) is 5.26 Å². The Morgan fingerprint density at radius 2 is 2.12 bits per heavy atom. The van der Waals surface area contributed by atoms with Crippen LogP contribution < -0.4 is 0 Å². The molecule has 0 radical (unpaired) electrons. The van der Waals surface area contributed by atoms with Crippen molar-refractivity contribution in [3.05, 3.63) is 36.0 Å². The lowest BCUT2D eigenvalue weighted by molar-refractivity contribution is 0.0666. The van der Waals surface area contributed by atoms with Crippen LogP contribution in [-0.2, 0) is 6.54 Å². The Morgan fingerprint density at radius 1 is 1.35 bits per heavy atom. The van der Waals surface area contributed by atoms with E-state index in [1.54, 1.807) is 13.8 Å². The molecular weight excluding hydrogens is 212 g/mol. The highest BCUT2D eigenvalue weighted by Crippen LogP contribution is 2.19. The van der Waals surface area contributed by atoms with Crippen LogP contribution in [0.25, 0.3) is 10.9 Å². The molecule has 2 rings (SSSR count). The molecule has 0 unspecified atom stereocenters. The van der Waals surface area contributed by atoms with Gasteiger partial charge >= 0.3 is 0 Å². The Bertz CT molecular complexity index is 570. The third-order valence-electron chi connectivity index (χ3n) is 2.87. The number of hydrogen-bond donors (Lipinski definition) is 1. The molecule has 2 aromatic rings. The van der Waals surface area contributed by atoms with Gasteiger partial charge in [-0.25, -0.2) is 0 Å². The van der Waals surface area contributed by atoms with E-state index in [1.165, 1.54) is 0 Å². The molecule has 0 saturated heterocycles. The SMILES string of the molecule is CC(C)(O)CCn1ccc2ccc(C#N)cc21. The summed E-state index contributed by atoms with van der Waals surface area (Å²) in [6.45, 7) is 4.36. The average molecular weight is 228 g/mol. The maximum atomic E-state index is 9.72. The van der Waals surface area contributed by atoms with Gasteiger partial charge in [-0.15, -0.1) is 0 Å². The van der Waals surface area contributed by atoms with E-state index in [4.69, 9.17) is 5.26 Å². The standard InChI is InChI=1S/C14H16N2O/c1-14(2,17)6-8-16-7-5-12-4-3-11(10-15)9-13(12)16/h3-5,7,9,17H,6,8H2,1-2H3. The van der Waals surface area contributed by atoms with Gasteiger partial charge in [0.2, 0.25) is 0 Å². The first-order chi connectivity index (χ1) is 7.99. The van der Waals surface area contributed by atoms with Crippen molar-refractivity contribution in [2.75, 3.05) is 0 Å². The van der Waals surface area contributed by atoms with E-state index in [0.717, 1.165) is 17.4 Å². The molecule has 3 heteroatoms. The van der Waals surface area contributed by atoms with Crippen molar-refractivity contribution in [3.8, 4) is 6.07 Å². The fraction of sp³-hybridized carbons (Fsp3) is 0.357. The lowest BCUT2D eigenvalue weighted by atomic mass is 10.1. The lowest BCUT2D eigenvalue weighted by Crippen LogP contribution is -2.20. The summed E-state index contributed by atoms with van der Waals surface area (Å²) in [6, 6.07) is 9.84. The highest BCUT2D eigenvalue weighted by atomic mass is 16.3. The highest BCUT2D eigenvalue weighted by Gasteiger charge is 2.12. The number of aryl methyl sites for hydroxylation is 1. The second-order valence-electron chi connectivity index (χ2n) is 4.96. The van der Waals surface area contributed by atoms with Gasteiger partial charge < -0.3 is 9.67 Å². The summed E-state index contributed by atoms with van der Waals surface area (Å²) in [4.78, 5) is 0. The van der Waals surface area contributed by atoms with E-state index < -0.39 is 5.60 Å². The molecule has 88 valence electrons. The predicted octanol–water partition coefficient (Wildman–Crippen LogP) is 2.67. The Labute approximate surface area is 101 Å². The molecule has 1 N–H and O–H groups in total. The normalized spacial score (nSPS) is 11.6. The zero-order chi connectivity index (χ0) is 12.5. The minimum atomic E-state index is -0.663. The topological polar surface area (TPSA) is 49.0 Å². The van der Waals surface area contributed by atoms with Gasteiger partial charge in [0.15, 0.2) is 0 Å². The maximum Gasteiger partial charge on any atom is 0.0992 e. The Kier molecular flexibility index (Phi) is 2.91. The van der Waals surface area contributed by atoms with Crippen LogP contribution in [0, 0.1) is 11.3 Å². The lowest BCUT2D eigenvalue weighted by Gasteiger charge is -2.17. The maximum absolute atomic E-state index is 9.72. The molecule has 1 aromatic heterocycles. The van der Waals surface area contributed by atoms with E-state index in [9.17, 15) is 5.11 Å². The largest absolute Gasteiger partial charge is 0.390 e. The first kappa shape index (κ1) is 11.7. The van der Waals surface area contributed by atoms with Crippen LogP contribution in [0.2, 0.25) is 0 Å². The van der Waals surface area contributed by atoms with Gasteiger partial charge in [0, 0.05) is 18.3 Å². The van der Waals surface area contributed by atoms with Crippen molar-refractivity contribution < 1.29 is 5.11 Å². The fourth-order valence-electron chi connectivity index (χ4n) is 1.84. The first-order valence-corrected chi connectivity index (χ1v) is 5.71. The fourth-order valence-corrected chi connectivity index (χ4v) is 1.84. The summed E-state index contributed by atoms with van der Waals surface area (Å²) in [7, 11) is 0. The third-order valence-corrected chi connectivity index (χ3v) is 2.87.